The summed E-state index contributed by atoms with van der Waals surface area (Å²) in [5, 5.41) is 15.3. The van der Waals surface area contributed by atoms with Crippen LogP contribution in [0.3, 0.4) is 0 Å². The van der Waals surface area contributed by atoms with Crippen molar-refractivity contribution < 1.29 is 33.6 Å². The van der Waals surface area contributed by atoms with Crippen LogP contribution in [-0.4, -0.2) is 74.1 Å². The normalized spacial score (nSPS) is 21.4. The number of amides is 2. The molecule has 2 aliphatic rings. The van der Waals surface area contributed by atoms with E-state index in [0.29, 0.717) is 6.42 Å². The van der Waals surface area contributed by atoms with Gasteiger partial charge in [-0.25, -0.2) is 9.59 Å². The molecule has 6 rings (SSSR count). The Hall–Kier alpha value is -4.58. The van der Waals surface area contributed by atoms with Crippen molar-refractivity contribution in [2.24, 2.45) is 5.92 Å². The van der Waals surface area contributed by atoms with Crippen LogP contribution in [0.5, 0.6) is 0 Å². The SMILES string of the molecule is COC(=O)[C@H](Cc1ccccc1)NC(=O)NCc1ccccc1-c1ccc([C@@H]2O[C@H](CN3CCOCC3)[C@H](C)[C@H](c3ccc(CO)cc3)O2)cc1. The highest BCUT2D eigenvalue weighted by molar-refractivity contribution is 5.84. The molecule has 5 atom stereocenters. The average Bonchev–Trinajstić information content (AvgIpc) is 3.18. The van der Waals surface area contributed by atoms with Gasteiger partial charge in [0.1, 0.15) is 6.04 Å². The lowest BCUT2D eigenvalue weighted by Crippen LogP contribution is -2.47. The molecule has 0 radical (unpaired) electrons. The second-order valence-electron chi connectivity index (χ2n) is 13.1. The van der Waals surface area contributed by atoms with Crippen molar-refractivity contribution in [3.8, 4) is 11.1 Å². The number of nitrogens with one attached hydrogen (secondary N) is 2. The number of nitrogens with zero attached hydrogens (tertiary/aromatic N) is 1. The summed E-state index contributed by atoms with van der Waals surface area (Å²) in [4.78, 5) is 27.8. The Morgan fingerprint density at radius 1 is 0.863 bits per heavy atom. The number of morpholine rings is 1. The first-order valence-electron chi connectivity index (χ1n) is 17.6. The highest BCUT2D eigenvalue weighted by atomic mass is 16.7. The quantitative estimate of drug-likeness (QED) is 0.165. The van der Waals surface area contributed by atoms with Gasteiger partial charge in [-0.2, -0.15) is 0 Å². The third-order valence-corrected chi connectivity index (χ3v) is 9.69. The molecule has 0 unspecified atom stereocenters. The Labute approximate surface area is 299 Å². The summed E-state index contributed by atoms with van der Waals surface area (Å²) in [5.41, 5.74) is 6.63. The van der Waals surface area contributed by atoms with E-state index in [2.05, 4.69) is 22.5 Å². The van der Waals surface area contributed by atoms with Gasteiger partial charge in [0.15, 0.2) is 6.29 Å². The van der Waals surface area contributed by atoms with Crippen molar-refractivity contribution in [2.45, 2.75) is 51.0 Å². The molecular weight excluding hydrogens is 646 g/mol. The first kappa shape index (κ1) is 36.2. The van der Waals surface area contributed by atoms with E-state index in [4.69, 9.17) is 18.9 Å². The van der Waals surface area contributed by atoms with Gasteiger partial charge in [-0.1, -0.05) is 110 Å². The molecule has 0 aliphatic carbocycles. The fraction of sp³-hybridized carbons (Fsp3) is 0.366. The molecule has 10 nitrogen and oxygen atoms in total. The lowest BCUT2D eigenvalue weighted by molar-refractivity contribution is -0.277. The zero-order valence-electron chi connectivity index (χ0n) is 29.2. The Kier molecular flexibility index (Phi) is 12.5. The maximum absolute atomic E-state index is 13.0. The molecule has 0 bridgehead atoms. The molecule has 3 N–H and O–H groups in total. The van der Waals surface area contributed by atoms with Crippen molar-refractivity contribution in [1.29, 1.82) is 0 Å². The number of esters is 1. The maximum Gasteiger partial charge on any atom is 0.328 e. The summed E-state index contributed by atoms with van der Waals surface area (Å²) >= 11 is 0. The Bertz CT molecular complexity index is 1710. The summed E-state index contributed by atoms with van der Waals surface area (Å²) in [6.07, 6.45) is -0.495. The minimum atomic E-state index is -0.819. The Morgan fingerprint density at radius 2 is 1.55 bits per heavy atom. The van der Waals surface area contributed by atoms with Gasteiger partial charge in [0, 0.05) is 44.1 Å². The molecule has 10 heteroatoms. The highest BCUT2D eigenvalue weighted by Crippen LogP contribution is 2.42. The van der Waals surface area contributed by atoms with Crippen molar-refractivity contribution >= 4 is 12.0 Å². The molecule has 0 spiro atoms. The summed E-state index contributed by atoms with van der Waals surface area (Å²) in [6, 6.07) is 32.3. The second kappa shape index (κ2) is 17.6. The minimum Gasteiger partial charge on any atom is -0.467 e. The van der Waals surface area contributed by atoms with E-state index < -0.39 is 24.3 Å². The molecule has 2 amide bonds. The molecular formula is C41H47N3O7. The van der Waals surface area contributed by atoms with E-state index in [1.807, 2.05) is 103 Å². The van der Waals surface area contributed by atoms with Gasteiger partial charge in [0.2, 0.25) is 0 Å². The molecule has 0 aromatic heterocycles. The number of hydrogen-bond acceptors (Lipinski definition) is 8. The molecule has 2 aliphatic heterocycles. The molecule has 4 aromatic carbocycles. The van der Waals surface area contributed by atoms with E-state index in [9.17, 15) is 14.7 Å². The second-order valence-corrected chi connectivity index (χ2v) is 13.1. The fourth-order valence-corrected chi connectivity index (χ4v) is 6.71. The van der Waals surface area contributed by atoms with Gasteiger partial charge in [0.25, 0.3) is 0 Å². The predicted octanol–water partition coefficient (Wildman–Crippen LogP) is 5.55. The number of aliphatic hydroxyl groups excluding tert-OH is 1. The van der Waals surface area contributed by atoms with Gasteiger partial charge in [-0.05, 0) is 33.4 Å². The average molecular weight is 694 g/mol. The van der Waals surface area contributed by atoms with Gasteiger partial charge in [-0.3, -0.25) is 4.90 Å². The largest absolute Gasteiger partial charge is 0.467 e. The molecule has 4 aromatic rings. The molecule has 51 heavy (non-hydrogen) atoms. The van der Waals surface area contributed by atoms with Crippen molar-refractivity contribution in [3.05, 3.63) is 131 Å². The topological polar surface area (TPSA) is 119 Å². The molecule has 0 saturated carbocycles. The smallest absolute Gasteiger partial charge is 0.328 e. The van der Waals surface area contributed by atoms with Crippen LogP contribution >= 0.6 is 0 Å². The van der Waals surface area contributed by atoms with Crippen LogP contribution in [0.25, 0.3) is 11.1 Å². The molecule has 2 heterocycles. The summed E-state index contributed by atoms with van der Waals surface area (Å²) in [6.45, 7) is 6.41. The van der Waals surface area contributed by atoms with E-state index >= 15 is 0 Å². The number of hydrogen-bond donors (Lipinski definition) is 3. The first-order chi connectivity index (χ1) is 24.9. The number of carbonyl (C=O) groups is 2. The van der Waals surface area contributed by atoms with Gasteiger partial charge >= 0.3 is 12.0 Å². The van der Waals surface area contributed by atoms with Crippen LogP contribution in [0, 0.1) is 5.92 Å². The van der Waals surface area contributed by atoms with Crippen LogP contribution in [0.2, 0.25) is 0 Å². The number of benzene rings is 4. The summed E-state index contributed by atoms with van der Waals surface area (Å²) in [5.74, 6) is -0.408. The third kappa shape index (κ3) is 9.40. The third-order valence-electron chi connectivity index (χ3n) is 9.69. The summed E-state index contributed by atoms with van der Waals surface area (Å²) in [7, 11) is 1.31. The molecule has 2 fully saturated rings. The summed E-state index contributed by atoms with van der Waals surface area (Å²) < 4.78 is 23.9. The lowest BCUT2D eigenvalue weighted by atomic mass is 9.90. The van der Waals surface area contributed by atoms with Gasteiger partial charge in [0.05, 0.1) is 39.1 Å². The predicted molar refractivity (Wildman–Crippen MR) is 193 cm³/mol. The van der Waals surface area contributed by atoms with E-state index in [1.54, 1.807) is 0 Å². The van der Waals surface area contributed by atoms with Crippen molar-refractivity contribution in [3.63, 3.8) is 0 Å². The number of urea groups is 1. The van der Waals surface area contributed by atoms with Gasteiger partial charge in [-0.15, -0.1) is 0 Å². The van der Waals surface area contributed by atoms with E-state index in [1.165, 1.54) is 7.11 Å². The standard InChI is InChI=1S/C41H47N3O7/c1-28-37(26-44-20-22-49-23-21-44)50-40(51-38(28)32-14-12-30(27-45)13-15-32)33-18-16-31(17-19-33)35-11-7-6-10-34(35)25-42-41(47)43-36(39(46)48-2)24-29-8-4-3-5-9-29/h3-19,28,36-38,40,45H,20-27H2,1-2H3,(H2,42,43,47)/t28-,36-,37+,38+,40+/m0/s1. The molecule has 268 valence electrons. The van der Waals surface area contributed by atoms with E-state index in [-0.39, 0.29) is 31.3 Å². The monoisotopic (exact) mass is 693 g/mol. The van der Waals surface area contributed by atoms with Crippen LogP contribution in [0.1, 0.15) is 47.1 Å². The van der Waals surface area contributed by atoms with Crippen LogP contribution in [0.15, 0.2) is 103 Å². The number of rotatable bonds is 12. The maximum atomic E-state index is 13.0. The van der Waals surface area contributed by atoms with Crippen LogP contribution in [0.4, 0.5) is 4.79 Å². The number of methoxy groups -OCH3 is 1. The van der Waals surface area contributed by atoms with Crippen molar-refractivity contribution in [2.75, 3.05) is 40.0 Å². The van der Waals surface area contributed by atoms with Crippen LogP contribution in [-0.2, 0) is 43.3 Å². The Morgan fingerprint density at radius 3 is 2.25 bits per heavy atom. The van der Waals surface area contributed by atoms with Crippen molar-refractivity contribution in [1.82, 2.24) is 15.5 Å². The van der Waals surface area contributed by atoms with Crippen LogP contribution < -0.4 is 10.6 Å². The minimum absolute atomic E-state index is 0.00387. The number of ether oxygens (including phenoxy) is 4. The highest BCUT2D eigenvalue weighted by Gasteiger charge is 2.39. The number of aliphatic hydroxyl groups is 1. The van der Waals surface area contributed by atoms with E-state index in [0.717, 1.165) is 71.8 Å². The molecule has 2 saturated heterocycles. The van der Waals surface area contributed by atoms with Gasteiger partial charge < -0.3 is 34.7 Å². The first-order valence-corrected chi connectivity index (χ1v) is 17.6. The lowest BCUT2D eigenvalue weighted by Gasteiger charge is -2.43. The fourth-order valence-electron chi connectivity index (χ4n) is 6.71. The Balaban J connectivity index is 1.15. The number of carbonyl (C=O) groups excluding carboxylic acids is 2. The zero-order chi connectivity index (χ0) is 35.6. The zero-order valence-corrected chi connectivity index (χ0v) is 29.2.